The molecule has 154 valence electrons. The summed E-state index contributed by atoms with van der Waals surface area (Å²) in [6, 6.07) is 13.6. The van der Waals surface area contributed by atoms with Crippen molar-refractivity contribution in [2.75, 3.05) is 19.7 Å². The second-order valence-corrected chi connectivity index (χ2v) is 7.73. The highest BCUT2D eigenvalue weighted by atomic mass is 16.5. The molecule has 0 saturated carbocycles. The molecule has 5 heteroatoms. The molecule has 1 unspecified atom stereocenters. The van der Waals surface area contributed by atoms with Gasteiger partial charge in [-0.05, 0) is 51.8 Å². The number of benzene rings is 2. The van der Waals surface area contributed by atoms with Gasteiger partial charge in [-0.2, -0.15) is 0 Å². The molecule has 0 spiro atoms. The summed E-state index contributed by atoms with van der Waals surface area (Å²) in [5.41, 5.74) is 3.82. The topological polar surface area (TPSA) is 58.6 Å². The Kier molecular flexibility index (Phi) is 6.91. The SMILES string of the molecule is CCOc1ccccc1CNC(=O)C1CCCN(C(=O)c2cc(C)cc(C)c2)C1. The average molecular weight is 395 g/mol. The number of aryl methyl sites for hydroxylation is 2. The van der Waals surface area contributed by atoms with Crippen molar-refractivity contribution in [2.45, 2.75) is 40.2 Å². The minimum absolute atomic E-state index is 0.00535. The van der Waals surface area contributed by atoms with Crippen LogP contribution in [0.15, 0.2) is 42.5 Å². The van der Waals surface area contributed by atoms with E-state index in [4.69, 9.17) is 4.74 Å². The van der Waals surface area contributed by atoms with Gasteiger partial charge < -0.3 is 15.0 Å². The van der Waals surface area contributed by atoms with Gasteiger partial charge in [-0.1, -0.05) is 35.4 Å². The summed E-state index contributed by atoms with van der Waals surface area (Å²) < 4.78 is 5.63. The Balaban J connectivity index is 1.61. The van der Waals surface area contributed by atoms with Crippen molar-refractivity contribution >= 4 is 11.8 Å². The Morgan fingerprint density at radius 1 is 1.14 bits per heavy atom. The van der Waals surface area contributed by atoms with Crippen LogP contribution in [0.1, 0.15) is 46.8 Å². The van der Waals surface area contributed by atoms with Crippen molar-refractivity contribution in [3.05, 3.63) is 64.7 Å². The monoisotopic (exact) mass is 394 g/mol. The first-order valence-electron chi connectivity index (χ1n) is 10.3. The minimum Gasteiger partial charge on any atom is -0.494 e. The number of carbonyl (C=O) groups is 2. The van der Waals surface area contributed by atoms with Crippen LogP contribution >= 0.6 is 0 Å². The van der Waals surface area contributed by atoms with E-state index in [9.17, 15) is 9.59 Å². The van der Waals surface area contributed by atoms with Crippen LogP contribution in [-0.4, -0.2) is 36.4 Å². The van der Waals surface area contributed by atoms with E-state index in [0.717, 1.165) is 35.3 Å². The molecule has 1 fully saturated rings. The second kappa shape index (κ2) is 9.59. The third-order valence-electron chi connectivity index (χ3n) is 5.27. The normalized spacial score (nSPS) is 16.4. The van der Waals surface area contributed by atoms with Crippen molar-refractivity contribution in [3.63, 3.8) is 0 Å². The Labute approximate surface area is 173 Å². The number of nitrogens with one attached hydrogen (secondary N) is 1. The fraction of sp³-hybridized carbons (Fsp3) is 0.417. The first-order chi connectivity index (χ1) is 14.0. The Hall–Kier alpha value is -2.82. The molecule has 2 aromatic rings. The highest BCUT2D eigenvalue weighted by Gasteiger charge is 2.29. The van der Waals surface area contributed by atoms with Crippen molar-refractivity contribution < 1.29 is 14.3 Å². The van der Waals surface area contributed by atoms with E-state index in [1.165, 1.54) is 0 Å². The molecule has 1 heterocycles. The summed E-state index contributed by atoms with van der Waals surface area (Å²) in [4.78, 5) is 27.5. The fourth-order valence-electron chi connectivity index (χ4n) is 3.93. The third kappa shape index (κ3) is 5.37. The summed E-state index contributed by atoms with van der Waals surface area (Å²) in [6.07, 6.45) is 1.64. The van der Waals surface area contributed by atoms with E-state index in [1.54, 1.807) is 0 Å². The lowest BCUT2D eigenvalue weighted by molar-refractivity contribution is -0.126. The Morgan fingerprint density at radius 3 is 2.59 bits per heavy atom. The molecule has 0 aliphatic carbocycles. The van der Waals surface area contributed by atoms with Crippen LogP contribution in [0.3, 0.4) is 0 Å². The van der Waals surface area contributed by atoms with Crippen LogP contribution in [0.5, 0.6) is 5.75 Å². The van der Waals surface area contributed by atoms with E-state index in [1.807, 2.05) is 62.1 Å². The highest BCUT2D eigenvalue weighted by molar-refractivity contribution is 5.95. The zero-order chi connectivity index (χ0) is 20.8. The number of piperidine rings is 1. The average Bonchev–Trinajstić information content (AvgIpc) is 2.72. The zero-order valence-electron chi connectivity index (χ0n) is 17.5. The van der Waals surface area contributed by atoms with E-state index < -0.39 is 0 Å². The number of amides is 2. The number of nitrogens with zero attached hydrogens (tertiary/aromatic N) is 1. The molecular formula is C24H30N2O3. The maximum Gasteiger partial charge on any atom is 0.253 e. The van der Waals surface area contributed by atoms with Gasteiger partial charge in [0.05, 0.1) is 12.5 Å². The van der Waals surface area contributed by atoms with Crippen LogP contribution in [0.4, 0.5) is 0 Å². The largest absolute Gasteiger partial charge is 0.494 e. The lowest BCUT2D eigenvalue weighted by Gasteiger charge is -2.32. The molecule has 1 N–H and O–H groups in total. The second-order valence-electron chi connectivity index (χ2n) is 7.73. The molecule has 1 aliphatic rings. The number of para-hydroxylation sites is 1. The number of likely N-dealkylation sites (tertiary alicyclic amines) is 1. The molecule has 5 nitrogen and oxygen atoms in total. The summed E-state index contributed by atoms with van der Waals surface area (Å²) in [7, 11) is 0. The van der Waals surface area contributed by atoms with Crippen LogP contribution in [0, 0.1) is 19.8 Å². The fourth-order valence-corrected chi connectivity index (χ4v) is 3.93. The maximum absolute atomic E-state index is 12.9. The predicted octanol–water partition coefficient (Wildman–Crippen LogP) is 3.87. The molecule has 2 amide bonds. The van der Waals surface area contributed by atoms with Gasteiger partial charge in [0.2, 0.25) is 5.91 Å². The molecular weight excluding hydrogens is 364 g/mol. The smallest absolute Gasteiger partial charge is 0.253 e. The van der Waals surface area contributed by atoms with Crippen molar-refractivity contribution in [1.29, 1.82) is 0 Å². The van der Waals surface area contributed by atoms with Crippen LogP contribution in [-0.2, 0) is 11.3 Å². The van der Waals surface area contributed by atoms with Crippen molar-refractivity contribution in [1.82, 2.24) is 10.2 Å². The summed E-state index contributed by atoms with van der Waals surface area (Å²) in [5, 5.41) is 3.03. The van der Waals surface area contributed by atoms with E-state index in [2.05, 4.69) is 11.4 Å². The van der Waals surface area contributed by atoms with Gasteiger partial charge in [0.15, 0.2) is 0 Å². The third-order valence-corrected chi connectivity index (χ3v) is 5.27. The quantitative estimate of drug-likeness (QED) is 0.809. The summed E-state index contributed by atoms with van der Waals surface area (Å²) >= 11 is 0. The van der Waals surface area contributed by atoms with Crippen molar-refractivity contribution in [2.24, 2.45) is 5.92 Å². The summed E-state index contributed by atoms with van der Waals surface area (Å²) in [6.45, 7) is 8.11. The predicted molar refractivity (Wildman–Crippen MR) is 114 cm³/mol. The lowest BCUT2D eigenvalue weighted by Crippen LogP contribution is -2.45. The molecule has 2 aromatic carbocycles. The van der Waals surface area contributed by atoms with Crippen molar-refractivity contribution in [3.8, 4) is 5.75 Å². The van der Waals surface area contributed by atoms with E-state index >= 15 is 0 Å². The van der Waals surface area contributed by atoms with Gasteiger partial charge >= 0.3 is 0 Å². The van der Waals surface area contributed by atoms with Crippen LogP contribution < -0.4 is 10.1 Å². The minimum atomic E-state index is -0.183. The van der Waals surface area contributed by atoms with Gasteiger partial charge in [0.1, 0.15) is 5.75 Å². The lowest BCUT2D eigenvalue weighted by atomic mass is 9.96. The van der Waals surface area contributed by atoms with Gasteiger partial charge in [-0.3, -0.25) is 9.59 Å². The number of ether oxygens (including phenoxy) is 1. The highest BCUT2D eigenvalue weighted by Crippen LogP contribution is 2.21. The molecule has 0 radical (unpaired) electrons. The maximum atomic E-state index is 12.9. The van der Waals surface area contributed by atoms with E-state index in [0.29, 0.717) is 31.8 Å². The molecule has 0 aromatic heterocycles. The molecule has 1 aliphatic heterocycles. The van der Waals surface area contributed by atoms with Gasteiger partial charge in [0.25, 0.3) is 5.91 Å². The first-order valence-corrected chi connectivity index (χ1v) is 10.3. The molecule has 1 atom stereocenters. The zero-order valence-corrected chi connectivity index (χ0v) is 17.5. The van der Waals surface area contributed by atoms with E-state index in [-0.39, 0.29) is 17.7 Å². The number of rotatable bonds is 6. The van der Waals surface area contributed by atoms with Gasteiger partial charge in [-0.15, -0.1) is 0 Å². The number of hydrogen-bond donors (Lipinski definition) is 1. The molecule has 0 bridgehead atoms. The Morgan fingerprint density at radius 2 is 1.86 bits per heavy atom. The standard InChI is InChI=1S/C24H30N2O3/c1-4-29-22-10-6-5-8-19(22)15-25-23(27)20-9-7-11-26(16-20)24(28)21-13-17(2)12-18(3)14-21/h5-6,8,10,12-14,20H,4,7,9,11,15-16H2,1-3H3,(H,25,27). The molecule has 3 rings (SSSR count). The van der Waals surface area contributed by atoms with Crippen LogP contribution in [0.25, 0.3) is 0 Å². The van der Waals surface area contributed by atoms with Crippen LogP contribution in [0.2, 0.25) is 0 Å². The molecule has 29 heavy (non-hydrogen) atoms. The van der Waals surface area contributed by atoms with Gasteiger partial charge in [-0.25, -0.2) is 0 Å². The number of carbonyl (C=O) groups excluding carboxylic acids is 2. The Bertz CT molecular complexity index is 858. The molecule has 1 saturated heterocycles. The van der Waals surface area contributed by atoms with Gasteiger partial charge in [0, 0.05) is 30.8 Å². The summed E-state index contributed by atoms with van der Waals surface area (Å²) in [5.74, 6) is 0.619. The number of hydrogen-bond acceptors (Lipinski definition) is 3. The first kappa shape index (κ1) is 20.9.